The van der Waals surface area contributed by atoms with Crippen LogP contribution in [-0.4, -0.2) is 4.98 Å². The van der Waals surface area contributed by atoms with Crippen LogP contribution in [0.5, 0.6) is 0 Å². The molecule has 74 valence electrons. The van der Waals surface area contributed by atoms with Crippen LogP contribution in [-0.2, 0) is 18.2 Å². The molecule has 1 aromatic heterocycles. The lowest BCUT2D eigenvalue weighted by Gasteiger charge is -1.93. The van der Waals surface area contributed by atoms with Crippen molar-refractivity contribution in [1.29, 1.82) is 0 Å². The van der Waals surface area contributed by atoms with Gasteiger partial charge >= 0.3 is 0 Å². The molecule has 1 heterocycles. The van der Waals surface area contributed by atoms with Gasteiger partial charge in [0.1, 0.15) is 0 Å². The Hall–Kier alpha value is 0.110. The normalized spacial score (nSPS) is 10.7. The standard InChI is InChI=1S/C10H16BrNS/c1-3-5-8-9(7-11)13-10(12-8)6-4-2/h3-7H2,1-2H3. The number of hydrogen-bond donors (Lipinski definition) is 0. The molecule has 0 bridgehead atoms. The van der Waals surface area contributed by atoms with E-state index in [2.05, 4.69) is 34.8 Å². The van der Waals surface area contributed by atoms with Crippen LogP contribution in [0.15, 0.2) is 0 Å². The van der Waals surface area contributed by atoms with Crippen molar-refractivity contribution in [3.63, 3.8) is 0 Å². The second-order valence-corrected chi connectivity index (χ2v) is 4.84. The number of nitrogens with zero attached hydrogens (tertiary/aromatic N) is 1. The summed E-state index contributed by atoms with van der Waals surface area (Å²) in [4.78, 5) is 6.07. The van der Waals surface area contributed by atoms with Crippen LogP contribution in [0.25, 0.3) is 0 Å². The summed E-state index contributed by atoms with van der Waals surface area (Å²) in [5.41, 5.74) is 1.31. The molecule has 0 saturated heterocycles. The fourth-order valence-corrected chi connectivity index (χ4v) is 3.03. The molecule has 1 nitrogen and oxygen atoms in total. The first-order chi connectivity index (χ1) is 6.31. The van der Waals surface area contributed by atoms with Crippen molar-refractivity contribution in [2.75, 3.05) is 0 Å². The number of halogens is 1. The van der Waals surface area contributed by atoms with Crippen molar-refractivity contribution in [2.45, 2.75) is 44.9 Å². The Labute approximate surface area is 92.7 Å². The minimum Gasteiger partial charge on any atom is -0.246 e. The number of alkyl halides is 1. The lowest BCUT2D eigenvalue weighted by Crippen LogP contribution is -1.88. The van der Waals surface area contributed by atoms with Gasteiger partial charge in [0, 0.05) is 10.2 Å². The first-order valence-electron chi connectivity index (χ1n) is 4.85. The summed E-state index contributed by atoms with van der Waals surface area (Å²) in [6, 6.07) is 0. The van der Waals surface area contributed by atoms with Crippen LogP contribution in [0.4, 0.5) is 0 Å². The molecule has 0 N–H and O–H groups in total. The molecule has 0 fully saturated rings. The van der Waals surface area contributed by atoms with E-state index in [0.29, 0.717) is 0 Å². The average Bonchev–Trinajstić information content (AvgIpc) is 2.49. The summed E-state index contributed by atoms with van der Waals surface area (Å²) in [5, 5.41) is 2.27. The summed E-state index contributed by atoms with van der Waals surface area (Å²) >= 11 is 5.38. The van der Waals surface area contributed by atoms with Crippen LogP contribution >= 0.6 is 27.3 Å². The molecule has 0 aliphatic heterocycles. The smallest absolute Gasteiger partial charge is 0.0931 e. The van der Waals surface area contributed by atoms with E-state index in [4.69, 9.17) is 0 Å². The zero-order chi connectivity index (χ0) is 9.68. The molecule has 0 aliphatic carbocycles. The predicted octanol–water partition coefficient (Wildman–Crippen LogP) is 3.94. The largest absolute Gasteiger partial charge is 0.246 e. The van der Waals surface area contributed by atoms with Crippen molar-refractivity contribution in [3.05, 3.63) is 15.6 Å². The van der Waals surface area contributed by atoms with Crippen LogP contribution in [0.3, 0.4) is 0 Å². The Morgan fingerprint density at radius 2 is 1.92 bits per heavy atom. The SMILES string of the molecule is CCCc1nc(CCC)c(CBr)s1. The van der Waals surface area contributed by atoms with Crippen LogP contribution in [0.1, 0.15) is 42.3 Å². The van der Waals surface area contributed by atoms with Crippen molar-refractivity contribution in [1.82, 2.24) is 4.98 Å². The van der Waals surface area contributed by atoms with Gasteiger partial charge in [-0.15, -0.1) is 11.3 Å². The van der Waals surface area contributed by atoms with Crippen molar-refractivity contribution in [3.8, 4) is 0 Å². The van der Waals surface area contributed by atoms with Crippen LogP contribution in [0.2, 0.25) is 0 Å². The van der Waals surface area contributed by atoms with Gasteiger partial charge in [-0.05, 0) is 19.3 Å². The molecule has 13 heavy (non-hydrogen) atoms. The van der Waals surface area contributed by atoms with E-state index in [0.717, 1.165) is 18.2 Å². The molecular weight excluding hydrogens is 246 g/mol. The molecule has 1 rings (SSSR count). The Balaban J connectivity index is 2.77. The quantitative estimate of drug-likeness (QED) is 0.732. The van der Waals surface area contributed by atoms with Gasteiger partial charge in [-0.3, -0.25) is 0 Å². The van der Waals surface area contributed by atoms with Crippen molar-refractivity contribution >= 4 is 27.3 Å². The third-order valence-corrected chi connectivity index (χ3v) is 3.98. The second-order valence-electron chi connectivity index (χ2n) is 3.11. The fourth-order valence-electron chi connectivity index (χ4n) is 1.29. The Bertz CT molecular complexity index is 257. The first-order valence-corrected chi connectivity index (χ1v) is 6.79. The van der Waals surface area contributed by atoms with E-state index < -0.39 is 0 Å². The maximum absolute atomic E-state index is 4.65. The van der Waals surface area contributed by atoms with E-state index in [1.165, 1.54) is 28.4 Å². The molecule has 0 atom stereocenters. The Morgan fingerprint density at radius 1 is 1.23 bits per heavy atom. The highest BCUT2D eigenvalue weighted by Crippen LogP contribution is 2.23. The van der Waals surface area contributed by atoms with Crippen LogP contribution < -0.4 is 0 Å². The summed E-state index contributed by atoms with van der Waals surface area (Å²) in [6.07, 6.45) is 4.64. The van der Waals surface area contributed by atoms with Gasteiger partial charge in [-0.1, -0.05) is 36.2 Å². The summed E-state index contributed by atoms with van der Waals surface area (Å²) < 4.78 is 0. The lowest BCUT2D eigenvalue weighted by molar-refractivity contribution is 0.852. The third-order valence-electron chi connectivity index (χ3n) is 1.89. The topological polar surface area (TPSA) is 12.9 Å². The molecule has 0 unspecified atom stereocenters. The number of rotatable bonds is 5. The monoisotopic (exact) mass is 261 g/mol. The second kappa shape index (κ2) is 5.76. The van der Waals surface area contributed by atoms with E-state index >= 15 is 0 Å². The van der Waals surface area contributed by atoms with E-state index in [-0.39, 0.29) is 0 Å². The molecule has 1 aromatic rings. The van der Waals surface area contributed by atoms with Gasteiger partial charge in [0.2, 0.25) is 0 Å². The van der Waals surface area contributed by atoms with Crippen molar-refractivity contribution in [2.24, 2.45) is 0 Å². The lowest BCUT2D eigenvalue weighted by atomic mass is 10.2. The highest BCUT2D eigenvalue weighted by Gasteiger charge is 2.08. The van der Waals surface area contributed by atoms with Gasteiger partial charge in [0.25, 0.3) is 0 Å². The molecular formula is C10H16BrNS. The van der Waals surface area contributed by atoms with Gasteiger partial charge in [-0.2, -0.15) is 0 Å². The molecule has 0 aromatic carbocycles. The highest BCUT2D eigenvalue weighted by molar-refractivity contribution is 9.08. The zero-order valence-corrected chi connectivity index (χ0v) is 10.7. The molecule has 0 amide bonds. The van der Waals surface area contributed by atoms with E-state index in [9.17, 15) is 0 Å². The number of thiazole rings is 1. The minimum absolute atomic E-state index is 0.962. The predicted molar refractivity (Wildman–Crippen MR) is 62.7 cm³/mol. The molecule has 0 radical (unpaired) electrons. The maximum atomic E-state index is 4.65. The Kier molecular flexibility index (Phi) is 4.96. The molecule has 0 saturated carbocycles. The third kappa shape index (κ3) is 3.06. The summed E-state index contributed by atoms with van der Waals surface area (Å²) in [6.45, 7) is 4.41. The van der Waals surface area contributed by atoms with Crippen LogP contribution in [0, 0.1) is 0 Å². The minimum atomic E-state index is 0.962. The van der Waals surface area contributed by atoms with E-state index in [1.54, 1.807) is 0 Å². The first kappa shape index (κ1) is 11.2. The van der Waals surface area contributed by atoms with Crippen molar-refractivity contribution < 1.29 is 0 Å². The molecule has 0 spiro atoms. The zero-order valence-electron chi connectivity index (χ0n) is 8.27. The Morgan fingerprint density at radius 3 is 2.46 bits per heavy atom. The summed E-state index contributed by atoms with van der Waals surface area (Å²) in [5.74, 6) is 0. The number of aromatic nitrogens is 1. The average molecular weight is 262 g/mol. The van der Waals surface area contributed by atoms with Gasteiger partial charge in [0.15, 0.2) is 0 Å². The van der Waals surface area contributed by atoms with Gasteiger partial charge in [-0.25, -0.2) is 4.98 Å². The summed E-state index contributed by atoms with van der Waals surface area (Å²) in [7, 11) is 0. The number of aryl methyl sites for hydroxylation is 2. The van der Waals surface area contributed by atoms with Gasteiger partial charge < -0.3 is 0 Å². The molecule has 0 aliphatic rings. The van der Waals surface area contributed by atoms with Gasteiger partial charge in [0.05, 0.1) is 10.7 Å². The molecule has 3 heteroatoms. The number of hydrogen-bond acceptors (Lipinski definition) is 2. The fraction of sp³-hybridized carbons (Fsp3) is 0.700. The van der Waals surface area contributed by atoms with E-state index in [1.807, 2.05) is 11.3 Å². The highest BCUT2D eigenvalue weighted by atomic mass is 79.9. The maximum Gasteiger partial charge on any atom is 0.0931 e.